The fraction of sp³-hybridized carbons (Fsp3) is 0.312. The highest BCUT2D eigenvalue weighted by Crippen LogP contribution is 2.33. The monoisotopic (exact) mass is 510 g/mol. The molecule has 0 amide bonds. The highest BCUT2D eigenvalue weighted by molar-refractivity contribution is 5.92. The van der Waals surface area contributed by atoms with E-state index in [4.69, 9.17) is 10.7 Å². The Morgan fingerprint density at radius 1 is 1.16 bits per heavy atom. The Balaban J connectivity index is 0.00000127. The average Bonchev–Trinajstić information content (AvgIpc) is 3.39. The van der Waals surface area contributed by atoms with Crippen LogP contribution < -0.4 is 16.4 Å². The van der Waals surface area contributed by atoms with Crippen LogP contribution in [0.4, 0.5) is 11.4 Å². The minimum atomic E-state index is 0.683. The topological polar surface area (TPSA) is 96.8 Å². The van der Waals surface area contributed by atoms with Crippen molar-refractivity contribution in [1.29, 1.82) is 0 Å². The molecule has 2 aromatic heterocycles. The maximum absolute atomic E-state index is 6.43. The lowest BCUT2D eigenvalue weighted by Crippen LogP contribution is -2.29. The van der Waals surface area contributed by atoms with E-state index in [-0.39, 0.29) is 0 Å². The molecule has 1 aliphatic heterocycles. The van der Waals surface area contributed by atoms with Crippen LogP contribution in [0.5, 0.6) is 0 Å². The summed E-state index contributed by atoms with van der Waals surface area (Å²) in [5.41, 5.74) is 19.8. The third-order valence-corrected chi connectivity index (χ3v) is 6.80. The van der Waals surface area contributed by atoms with Crippen molar-refractivity contribution in [2.24, 2.45) is 5.73 Å². The third-order valence-electron chi connectivity index (χ3n) is 6.80. The van der Waals surface area contributed by atoms with Crippen LogP contribution in [0.2, 0.25) is 0 Å². The molecule has 1 saturated heterocycles. The SMILES string of the molecule is C=C/C(=C\C(=C/C)c1ccc(N)c(C(=C)c2nc3c(N4CCCCC4)cncc3[nH]2)c1)CCCC.C=CN. The van der Waals surface area contributed by atoms with Gasteiger partial charge in [0.05, 0.1) is 23.6 Å². The van der Waals surface area contributed by atoms with Crippen molar-refractivity contribution in [2.75, 3.05) is 23.7 Å². The van der Waals surface area contributed by atoms with Gasteiger partial charge in [-0.1, -0.05) is 57.4 Å². The summed E-state index contributed by atoms with van der Waals surface area (Å²) in [5.74, 6) is 0.724. The molecular weight excluding hydrogens is 468 g/mol. The quantitative estimate of drug-likeness (QED) is 0.206. The zero-order valence-corrected chi connectivity index (χ0v) is 23.0. The fourth-order valence-electron chi connectivity index (χ4n) is 4.70. The minimum Gasteiger partial charge on any atom is -0.405 e. The summed E-state index contributed by atoms with van der Waals surface area (Å²) in [5, 5.41) is 0. The number of anilines is 2. The average molecular weight is 511 g/mol. The van der Waals surface area contributed by atoms with E-state index < -0.39 is 0 Å². The van der Waals surface area contributed by atoms with Gasteiger partial charge >= 0.3 is 0 Å². The normalized spacial score (nSPS) is 14.1. The number of H-pyrrole nitrogens is 1. The molecule has 0 saturated carbocycles. The Labute approximate surface area is 227 Å². The number of pyridine rings is 1. The number of rotatable bonds is 9. The van der Waals surface area contributed by atoms with Gasteiger partial charge in [-0.25, -0.2) is 4.98 Å². The summed E-state index contributed by atoms with van der Waals surface area (Å²) in [6.45, 7) is 17.9. The lowest BCUT2D eigenvalue weighted by Gasteiger charge is -2.28. The molecule has 200 valence electrons. The number of nitrogen functional groups attached to an aromatic ring is 1. The molecule has 0 aliphatic carbocycles. The van der Waals surface area contributed by atoms with Gasteiger partial charge in [0.1, 0.15) is 11.3 Å². The predicted octanol–water partition coefficient (Wildman–Crippen LogP) is 7.39. The molecule has 6 nitrogen and oxygen atoms in total. The van der Waals surface area contributed by atoms with Crippen molar-refractivity contribution < 1.29 is 0 Å². The van der Waals surface area contributed by atoms with Crippen molar-refractivity contribution in [2.45, 2.75) is 52.4 Å². The van der Waals surface area contributed by atoms with Crippen LogP contribution >= 0.6 is 0 Å². The molecule has 4 rings (SSSR count). The van der Waals surface area contributed by atoms with E-state index >= 15 is 0 Å². The molecule has 1 aliphatic rings. The lowest BCUT2D eigenvalue weighted by atomic mass is 9.95. The van der Waals surface area contributed by atoms with Crippen LogP contribution in [0.25, 0.3) is 22.2 Å². The van der Waals surface area contributed by atoms with E-state index in [1.807, 2.05) is 24.5 Å². The van der Waals surface area contributed by atoms with Crippen LogP contribution in [0, 0.1) is 0 Å². The molecule has 0 spiro atoms. The largest absolute Gasteiger partial charge is 0.405 e. The summed E-state index contributed by atoms with van der Waals surface area (Å²) in [6, 6.07) is 6.13. The highest BCUT2D eigenvalue weighted by Gasteiger charge is 2.18. The maximum Gasteiger partial charge on any atom is 0.138 e. The first-order chi connectivity index (χ1) is 18.5. The molecule has 6 heteroatoms. The van der Waals surface area contributed by atoms with Gasteiger partial charge in [0.15, 0.2) is 0 Å². The van der Waals surface area contributed by atoms with Crippen molar-refractivity contribution >= 4 is 33.6 Å². The first kappa shape index (κ1) is 28.5. The lowest BCUT2D eigenvalue weighted by molar-refractivity contribution is 0.578. The second-order valence-corrected chi connectivity index (χ2v) is 9.48. The molecule has 0 radical (unpaired) electrons. The molecule has 1 aromatic carbocycles. The number of allylic oxidation sites excluding steroid dienone is 5. The second kappa shape index (κ2) is 14.0. The number of nitrogens with one attached hydrogen (secondary N) is 1. The number of aromatic nitrogens is 3. The van der Waals surface area contributed by atoms with Gasteiger partial charge in [0, 0.05) is 29.9 Å². The molecule has 38 heavy (non-hydrogen) atoms. The van der Waals surface area contributed by atoms with Crippen LogP contribution in [-0.2, 0) is 0 Å². The van der Waals surface area contributed by atoms with E-state index in [9.17, 15) is 0 Å². The Morgan fingerprint density at radius 2 is 1.89 bits per heavy atom. The predicted molar refractivity (Wildman–Crippen MR) is 165 cm³/mol. The summed E-state index contributed by atoms with van der Waals surface area (Å²) >= 11 is 0. The van der Waals surface area contributed by atoms with E-state index in [1.54, 1.807) is 0 Å². The second-order valence-electron chi connectivity index (χ2n) is 9.48. The number of unbranched alkanes of at least 4 members (excludes halogenated alkanes) is 1. The standard InChI is InChI=1S/C30H37N5.C2H5N/c1-5-8-12-22(6-2)17-23(7-3)24-13-14-26(31)25(18-24)21(4)30-33-27-19-32-20-28(29(27)34-30)35-15-10-9-11-16-35;1-2-3/h6-7,13-14,17-20H,2,4-5,8-12,15-16,31H2,1,3H3,(H,33,34);2H,1,3H2/b22-17+,23-7+;. The number of imidazole rings is 1. The van der Waals surface area contributed by atoms with E-state index in [1.165, 1.54) is 31.0 Å². The van der Waals surface area contributed by atoms with Gasteiger partial charge in [0.2, 0.25) is 0 Å². The van der Waals surface area contributed by atoms with Crippen LogP contribution in [0.1, 0.15) is 69.3 Å². The van der Waals surface area contributed by atoms with Gasteiger partial charge in [-0.2, -0.15) is 0 Å². The van der Waals surface area contributed by atoms with Gasteiger partial charge in [-0.15, -0.1) is 0 Å². The number of aromatic amines is 1. The van der Waals surface area contributed by atoms with Gasteiger partial charge in [-0.05, 0) is 74.1 Å². The van der Waals surface area contributed by atoms with Crippen molar-refractivity contribution in [1.82, 2.24) is 15.0 Å². The Morgan fingerprint density at radius 3 is 2.55 bits per heavy atom. The fourth-order valence-corrected chi connectivity index (χ4v) is 4.70. The Hall–Kier alpha value is -4.06. The third kappa shape index (κ3) is 6.82. The number of benzene rings is 1. The molecule has 3 aromatic rings. The molecule has 0 unspecified atom stereocenters. The van der Waals surface area contributed by atoms with Crippen LogP contribution in [0.15, 0.2) is 80.3 Å². The van der Waals surface area contributed by atoms with E-state index in [0.717, 1.165) is 77.2 Å². The summed E-state index contributed by atoms with van der Waals surface area (Å²) in [4.78, 5) is 15.3. The summed E-state index contributed by atoms with van der Waals surface area (Å²) in [6.07, 6.45) is 18.4. The smallest absolute Gasteiger partial charge is 0.138 e. The summed E-state index contributed by atoms with van der Waals surface area (Å²) < 4.78 is 0. The van der Waals surface area contributed by atoms with Crippen molar-refractivity contribution in [3.05, 3.63) is 97.3 Å². The minimum absolute atomic E-state index is 0.683. The highest BCUT2D eigenvalue weighted by atomic mass is 15.2. The maximum atomic E-state index is 6.43. The first-order valence-corrected chi connectivity index (χ1v) is 13.5. The molecular formula is C32H42N6. The first-order valence-electron chi connectivity index (χ1n) is 13.5. The molecule has 5 N–H and O–H groups in total. The molecule has 0 atom stereocenters. The van der Waals surface area contributed by atoms with Crippen LogP contribution in [0.3, 0.4) is 0 Å². The van der Waals surface area contributed by atoms with Gasteiger partial charge < -0.3 is 21.4 Å². The number of piperidine rings is 1. The molecule has 1 fully saturated rings. The number of nitrogens with two attached hydrogens (primary N) is 2. The molecule has 0 bridgehead atoms. The van der Waals surface area contributed by atoms with Crippen molar-refractivity contribution in [3.63, 3.8) is 0 Å². The van der Waals surface area contributed by atoms with E-state index in [0.29, 0.717) is 5.69 Å². The summed E-state index contributed by atoms with van der Waals surface area (Å²) in [7, 11) is 0. The number of hydrogen-bond acceptors (Lipinski definition) is 5. The van der Waals surface area contributed by atoms with E-state index in [2.05, 4.69) is 78.5 Å². The zero-order valence-electron chi connectivity index (χ0n) is 23.0. The number of fused-ring (bicyclic) bond motifs is 1. The Kier molecular flexibility index (Phi) is 10.5. The zero-order chi connectivity index (χ0) is 27.5. The van der Waals surface area contributed by atoms with Gasteiger partial charge in [0.25, 0.3) is 0 Å². The molecule has 3 heterocycles. The number of hydrogen-bond donors (Lipinski definition) is 3. The van der Waals surface area contributed by atoms with Gasteiger partial charge in [-0.3, -0.25) is 4.98 Å². The Bertz CT molecular complexity index is 1320. The number of nitrogens with zero attached hydrogens (tertiary/aromatic N) is 3. The van der Waals surface area contributed by atoms with Crippen molar-refractivity contribution in [3.8, 4) is 0 Å². The van der Waals surface area contributed by atoms with Crippen LogP contribution in [-0.4, -0.2) is 28.0 Å².